The fraction of sp³-hybridized carbons (Fsp3) is 0.308. The first-order valence-electron chi connectivity index (χ1n) is 6.48. The first-order valence-corrected chi connectivity index (χ1v) is 6.48. The predicted molar refractivity (Wildman–Crippen MR) is 79.0 cm³/mol. The maximum absolute atomic E-state index is 12.0. The van der Waals surface area contributed by atoms with Crippen molar-refractivity contribution in [1.29, 1.82) is 5.41 Å². The van der Waals surface area contributed by atoms with E-state index in [1.54, 1.807) is 7.05 Å². The molecule has 6 nitrogen and oxygen atoms in total. The van der Waals surface area contributed by atoms with Crippen LogP contribution in [0.25, 0.3) is 5.65 Å². The van der Waals surface area contributed by atoms with Gasteiger partial charge in [-0.2, -0.15) is 0 Å². The van der Waals surface area contributed by atoms with Gasteiger partial charge >= 0.3 is 0 Å². The fourth-order valence-electron chi connectivity index (χ4n) is 2.54. The number of hydrogen-bond donors (Lipinski definition) is 2. The van der Waals surface area contributed by atoms with Gasteiger partial charge in [0.2, 0.25) is 5.91 Å². The van der Waals surface area contributed by atoms with Crippen LogP contribution < -0.4 is 10.9 Å². The van der Waals surface area contributed by atoms with Crippen LogP contribution in [0.15, 0.2) is 24.5 Å². The molecule has 0 bridgehead atoms. The van der Waals surface area contributed by atoms with Crippen molar-refractivity contribution in [2.24, 2.45) is 0 Å². The fourth-order valence-corrected chi connectivity index (χ4v) is 2.54. The van der Waals surface area contributed by atoms with E-state index in [0.717, 1.165) is 16.8 Å². The number of aromatic nitrogens is 2. The van der Waals surface area contributed by atoms with Crippen molar-refractivity contribution in [3.05, 3.63) is 30.1 Å². The standard InChI is InChI=1S/C13H16BN5O/c1-13(5-11(20)18(2)12(15)17-13)8-3-4-10-16-6-9(14)19(10)7-8/h3-4,6-7H,5,14H2,1-2H3,(H2,15,17)/t13-/m0/s1. The van der Waals surface area contributed by atoms with Gasteiger partial charge in [0.05, 0.1) is 12.0 Å². The van der Waals surface area contributed by atoms with E-state index in [1.807, 2.05) is 43.7 Å². The number of carbonyl (C=O) groups excluding carboxylic acids is 1. The molecule has 2 aromatic heterocycles. The highest BCUT2D eigenvalue weighted by molar-refractivity contribution is 6.31. The molecule has 1 amide bonds. The number of guanidine groups is 1. The normalized spacial score (nSPS) is 23.2. The maximum Gasteiger partial charge on any atom is 0.231 e. The third-order valence-electron chi connectivity index (χ3n) is 3.94. The average Bonchev–Trinajstić information content (AvgIpc) is 2.77. The number of carbonyl (C=O) groups is 1. The molecule has 1 aliphatic rings. The Hall–Kier alpha value is -2.31. The molecule has 1 atom stereocenters. The first-order chi connectivity index (χ1) is 9.40. The Morgan fingerprint density at radius 1 is 1.50 bits per heavy atom. The zero-order chi connectivity index (χ0) is 14.5. The van der Waals surface area contributed by atoms with E-state index >= 15 is 0 Å². The van der Waals surface area contributed by atoms with Crippen LogP contribution in [0.4, 0.5) is 0 Å². The van der Waals surface area contributed by atoms with Gasteiger partial charge in [0, 0.05) is 19.4 Å². The molecule has 0 radical (unpaired) electrons. The van der Waals surface area contributed by atoms with Gasteiger partial charge in [0.25, 0.3) is 0 Å². The second-order valence-electron chi connectivity index (χ2n) is 5.48. The van der Waals surface area contributed by atoms with Crippen LogP contribution in [-0.4, -0.2) is 41.0 Å². The molecule has 0 aromatic carbocycles. The Morgan fingerprint density at radius 2 is 2.25 bits per heavy atom. The Balaban J connectivity index is 2.07. The van der Waals surface area contributed by atoms with Crippen molar-refractivity contribution in [1.82, 2.24) is 19.6 Å². The molecule has 7 heteroatoms. The van der Waals surface area contributed by atoms with Crippen LogP contribution in [0.1, 0.15) is 18.9 Å². The summed E-state index contributed by atoms with van der Waals surface area (Å²) >= 11 is 0. The minimum atomic E-state index is -0.564. The SMILES string of the molecule is Bc1cnc2ccc([C@]3(C)CC(=O)N(C)C(=N)N3)cn12. The van der Waals surface area contributed by atoms with Gasteiger partial charge < -0.3 is 9.72 Å². The smallest absolute Gasteiger partial charge is 0.231 e. The molecule has 1 aliphatic heterocycles. The highest BCUT2D eigenvalue weighted by atomic mass is 16.2. The highest BCUT2D eigenvalue weighted by Crippen LogP contribution is 2.28. The first kappa shape index (κ1) is 12.7. The van der Waals surface area contributed by atoms with Crippen LogP contribution in [0.2, 0.25) is 0 Å². The summed E-state index contributed by atoms with van der Waals surface area (Å²) in [7, 11) is 3.60. The van der Waals surface area contributed by atoms with Gasteiger partial charge in [0.1, 0.15) is 5.65 Å². The summed E-state index contributed by atoms with van der Waals surface area (Å²) in [6.45, 7) is 1.94. The number of pyridine rings is 1. The number of hydrogen-bond acceptors (Lipinski definition) is 3. The average molecular weight is 269 g/mol. The van der Waals surface area contributed by atoms with Crippen molar-refractivity contribution >= 4 is 31.0 Å². The number of imidazole rings is 1. The molecule has 0 unspecified atom stereocenters. The van der Waals surface area contributed by atoms with Gasteiger partial charge in [-0.3, -0.25) is 15.1 Å². The van der Waals surface area contributed by atoms with E-state index < -0.39 is 5.54 Å². The molecular formula is C13H16BN5O. The lowest BCUT2D eigenvalue weighted by atomic mass is 9.87. The van der Waals surface area contributed by atoms with Crippen LogP contribution in [0.3, 0.4) is 0 Å². The minimum absolute atomic E-state index is 0.0568. The summed E-state index contributed by atoms with van der Waals surface area (Å²) in [4.78, 5) is 17.6. The van der Waals surface area contributed by atoms with Gasteiger partial charge in [-0.25, -0.2) is 4.98 Å². The summed E-state index contributed by atoms with van der Waals surface area (Å²) in [5.74, 6) is 0.0740. The van der Waals surface area contributed by atoms with E-state index in [0.29, 0.717) is 6.42 Å². The van der Waals surface area contributed by atoms with E-state index in [-0.39, 0.29) is 11.9 Å². The van der Waals surface area contributed by atoms with Gasteiger partial charge in [0.15, 0.2) is 13.8 Å². The van der Waals surface area contributed by atoms with Gasteiger partial charge in [-0.15, -0.1) is 0 Å². The predicted octanol–water partition coefficient (Wildman–Crippen LogP) is -0.806. The Morgan fingerprint density at radius 3 is 2.95 bits per heavy atom. The third kappa shape index (κ3) is 1.78. The minimum Gasteiger partial charge on any atom is -0.346 e. The lowest BCUT2D eigenvalue weighted by Gasteiger charge is -2.39. The van der Waals surface area contributed by atoms with Crippen molar-refractivity contribution in [3.63, 3.8) is 0 Å². The van der Waals surface area contributed by atoms with E-state index in [4.69, 9.17) is 5.41 Å². The molecule has 0 saturated carbocycles. The topological polar surface area (TPSA) is 73.5 Å². The van der Waals surface area contributed by atoms with Crippen LogP contribution >= 0.6 is 0 Å². The summed E-state index contributed by atoms with van der Waals surface area (Å²) in [5.41, 5.74) is 2.33. The summed E-state index contributed by atoms with van der Waals surface area (Å²) in [5, 5.41) is 11.0. The molecule has 2 N–H and O–H groups in total. The molecule has 20 heavy (non-hydrogen) atoms. The largest absolute Gasteiger partial charge is 0.346 e. The monoisotopic (exact) mass is 269 g/mol. The van der Waals surface area contributed by atoms with Crippen molar-refractivity contribution in [3.8, 4) is 0 Å². The molecule has 3 rings (SSSR count). The Bertz CT molecular complexity index is 705. The maximum atomic E-state index is 12.0. The van der Waals surface area contributed by atoms with Gasteiger partial charge in [-0.05, 0) is 24.1 Å². The number of amides is 1. The second-order valence-corrected chi connectivity index (χ2v) is 5.48. The Kier molecular flexibility index (Phi) is 2.60. The van der Waals surface area contributed by atoms with Crippen LogP contribution in [0.5, 0.6) is 0 Å². The molecule has 1 fully saturated rings. The van der Waals surface area contributed by atoms with Crippen LogP contribution in [0, 0.1) is 5.41 Å². The number of fused-ring (bicyclic) bond motifs is 1. The van der Waals surface area contributed by atoms with Gasteiger partial charge in [-0.1, -0.05) is 6.07 Å². The summed E-state index contributed by atoms with van der Waals surface area (Å²) < 4.78 is 1.99. The lowest BCUT2D eigenvalue weighted by molar-refractivity contribution is -0.129. The second kappa shape index (κ2) is 4.09. The molecule has 102 valence electrons. The molecule has 0 aliphatic carbocycles. The van der Waals surface area contributed by atoms with E-state index in [9.17, 15) is 4.79 Å². The molecular weight excluding hydrogens is 253 g/mol. The third-order valence-corrected chi connectivity index (χ3v) is 3.94. The van der Waals surface area contributed by atoms with E-state index in [1.165, 1.54) is 4.90 Å². The zero-order valence-corrected chi connectivity index (χ0v) is 11.8. The zero-order valence-electron chi connectivity index (χ0n) is 11.8. The quantitative estimate of drug-likeness (QED) is 0.665. The number of nitrogens with one attached hydrogen (secondary N) is 2. The number of rotatable bonds is 1. The Labute approximate surface area is 117 Å². The van der Waals surface area contributed by atoms with Crippen molar-refractivity contribution in [2.45, 2.75) is 18.9 Å². The summed E-state index contributed by atoms with van der Waals surface area (Å²) in [6, 6.07) is 3.89. The van der Waals surface area contributed by atoms with Crippen LogP contribution in [-0.2, 0) is 10.3 Å². The van der Waals surface area contributed by atoms with Crippen molar-refractivity contribution < 1.29 is 4.79 Å². The van der Waals surface area contributed by atoms with Crippen molar-refractivity contribution in [2.75, 3.05) is 7.05 Å². The molecule has 1 saturated heterocycles. The number of nitrogens with zero attached hydrogens (tertiary/aromatic N) is 3. The van der Waals surface area contributed by atoms with E-state index in [2.05, 4.69) is 10.3 Å². The lowest BCUT2D eigenvalue weighted by Crippen LogP contribution is -2.58. The molecule has 2 aromatic rings. The molecule has 3 heterocycles. The molecule has 0 spiro atoms. The summed E-state index contributed by atoms with van der Waals surface area (Å²) in [6.07, 6.45) is 4.12. The highest BCUT2D eigenvalue weighted by Gasteiger charge is 2.38.